The molecule has 4 atom stereocenters. The molecule has 19 heavy (non-hydrogen) atoms. The summed E-state index contributed by atoms with van der Waals surface area (Å²) in [5, 5.41) is 17.8. The van der Waals surface area contributed by atoms with E-state index in [-0.39, 0.29) is 6.10 Å². The van der Waals surface area contributed by atoms with Gasteiger partial charge in [-0.2, -0.15) is 11.3 Å². The second kappa shape index (κ2) is 6.38. The second-order valence-electron chi connectivity index (χ2n) is 6.30. The van der Waals surface area contributed by atoms with Gasteiger partial charge in [0.05, 0.1) is 6.10 Å². The van der Waals surface area contributed by atoms with Crippen LogP contribution in [0.2, 0.25) is 0 Å². The molecule has 2 nitrogen and oxygen atoms in total. The molecule has 2 aliphatic carbocycles. The van der Waals surface area contributed by atoms with Gasteiger partial charge in [0, 0.05) is 12.6 Å². The number of aliphatic hydroxyl groups excluding tert-OH is 1. The van der Waals surface area contributed by atoms with Crippen molar-refractivity contribution >= 4 is 11.3 Å². The lowest BCUT2D eigenvalue weighted by atomic mass is 9.69. The van der Waals surface area contributed by atoms with Crippen molar-refractivity contribution in [3.8, 4) is 0 Å². The molecule has 1 heterocycles. The summed E-state index contributed by atoms with van der Waals surface area (Å²) in [6.07, 6.45) is 9.50. The largest absolute Gasteiger partial charge is 0.387 e. The number of aliphatic hydroxyl groups is 1. The fourth-order valence-electron chi connectivity index (χ4n) is 3.92. The van der Waals surface area contributed by atoms with Crippen LogP contribution < -0.4 is 5.32 Å². The van der Waals surface area contributed by atoms with Crippen LogP contribution in [0.15, 0.2) is 16.8 Å². The molecule has 2 saturated carbocycles. The molecule has 4 unspecified atom stereocenters. The predicted octanol–water partition coefficient (Wildman–Crippen LogP) is 3.73. The molecule has 1 aromatic rings. The van der Waals surface area contributed by atoms with Crippen LogP contribution in [0, 0.1) is 11.8 Å². The van der Waals surface area contributed by atoms with Crippen LogP contribution >= 0.6 is 11.3 Å². The first-order chi connectivity index (χ1) is 9.33. The average molecular weight is 279 g/mol. The van der Waals surface area contributed by atoms with E-state index < -0.39 is 0 Å². The number of hydrogen-bond acceptors (Lipinski definition) is 3. The van der Waals surface area contributed by atoms with Crippen LogP contribution in [0.1, 0.15) is 56.6 Å². The van der Waals surface area contributed by atoms with Gasteiger partial charge in [0.1, 0.15) is 0 Å². The average Bonchev–Trinajstić information content (AvgIpc) is 2.99. The monoisotopic (exact) mass is 279 g/mol. The highest BCUT2D eigenvalue weighted by Crippen LogP contribution is 2.40. The van der Waals surface area contributed by atoms with Gasteiger partial charge < -0.3 is 10.4 Å². The summed E-state index contributed by atoms with van der Waals surface area (Å²) in [6, 6.07) is 2.65. The molecule has 0 aromatic carbocycles. The van der Waals surface area contributed by atoms with Gasteiger partial charge in [-0.05, 0) is 53.5 Å². The van der Waals surface area contributed by atoms with Gasteiger partial charge in [-0.1, -0.05) is 25.7 Å². The molecule has 3 rings (SSSR count). The minimum atomic E-state index is -0.338. The third-order valence-corrected chi connectivity index (χ3v) is 5.77. The Bertz CT molecular complexity index is 378. The molecule has 0 saturated heterocycles. The fourth-order valence-corrected chi connectivity index (χ4v) is 4.63. The molecule has 2 fully saturated rings. The lowest BCUT2D eigenvalue weighted by Crippen LogP contribution is -2.40. The SMILES string of the molecule is OC(CNC1CCC2CCCCC2C1)c1ccsc1. The molecule has 0 aliphatic heterocycles. The Morgan fingerprint density at radius 2 is 2.05 bits per heavy atom. The molecule has 0 radical (unpaired) electrons. The maximum atomic E-state index is 10.1. The smallest absolute Gasteiger partial charge is 0.0922 e. The molecule has 106 valence electrons. The Morgan fingerprint density at radius 3 is 2.84 bits per heavy atom. The van der Waals surface area contributed by atoms with Crippen molar-refractivity contribution in [1.29, 1.82) is 0 Å². The first kappa shape index (κ1) is 13.6. The minimum absolute atomic E-state index is 0.338. The molecule has 0 bridgehead atoms. The lowest BCUT2D eigenvalue weighted by Gasteiger charge is -2.39. The number of rotatable bonds is 4. The Hall–Kier alpha value is -0.380. The van der Waals surface area contributed by atoms with Gasteiger partial charge in [-0.15, -0.1) is 0 Å². The Labute approximate surface area is 120 Å². The Balaban J connectivity index is 1.46. The number of hydrogen-bond donors (Lipinski definition) is 2. The summed E-state index contributed by atoms with van der Waals surface area (Å²) in [5.74, 6) is 1.96. The van der Waals surface area contributed by atoms with Crippen LogP contribution in [0.25, 0.3) is 0 Å². The molecule has 2 aliphatic rings. The van der Waals surface area contributed by atoms with E-state index in [1.807, 2.05) is 16.8 Å². The number of nitrogens with one attached hydrogen (secondary N) is 1. The van der Waals surface area contributed by atoms with Gasteiger partial charge in [0.15, 0.2) is 0 Å². The van der Waals surface area contributed by atoms with Crippen LogP contribution in [-0.4, -0.2) is 17.7 Å². The standard InChI is InChI=1S/C16H25NOS/c18-16(14-7-8-19-11-14)10-17-15-6-5-12-3-1-2-4-13(12)9-15/h7-8,11-13,15-18H,1-6,9-10H2. The van der Waals surface area contributed by atoms with Crippen molar-refractivity contribution in [2.24, 2.45) is 11.8 Å². The Morgan fingerprint density at radius 1 is 1.21 bits per heavy atom. The van der Waals surface area contributed by atoms with Crippen molar-refractivity contribution < 1.29 is 5.11 Å². The highest BCUT2D eigenvalue weighted by molar-refractivity contribution is 7.07. The van der Waals surface area contributed by atoms with E-state index in [1.54, 1.807) is 11.3 Å². The van der Waals surface area contributed by atoms with E-state index in [4.69, 9.17) is 0 Å². The summed E-state index contributed by atoms with van der Waals surface area (Å²) < 4.78 is 0. The molecular weight excluding hydrogens is 254 g/mol. The third kappa shape index (κ3) is 3.39. The van der Waals surface area contributed by atoms with Crippen LogP contribution in [0.4, 0.5) is 0 Å². The van der Waals surface area contributed by atoms with E-state index in [0.717, 1.165) is 17.4 Å². The summed E-state index contributed by atoms with van der Waals surface area (Å²) in [5.41, 5.74) is 1.06. The minimum Gasteiger partial charge on any atom is -0.387 e. The molecule has 1 aromatic heterocycles. The van der Waals surface area contributed by atoms with Gasteiger partial charge in [0.25, 0.3) is 0 Å². The highest BCUT2D eigenvalue weighted by Gasteiger charge is 2.32. The van der Waals surface area contributed by atoms with Crippen LogP contribution in [-0.2, 0) is 0 Å². The van der Waals surface area contributed by atoms with Gasteiger partial charge in [-0.3, -0.25) is 0 Å². The van der Waals surface area contributed by atoms with E-state index >= 15 is 0 Å². The van der Waals surface area contributed by atoms with Crippen molar-refractivity contribution in [1.82, 2.24) is 5.32 Å². The molecule has 0 amide bonds. The van der Waals surface area contributed by atoms with Crippen molar-refractivity contribution in [2.75, 3.05) is 6.54 Å². The van der Waals surface area contributed by atoms with Crippen LogP contribution in [0.3, 0.4) is 0 Å². The number of fused-ring (bicyclic) bond motifs is 1. The van der Waals surface area contributed by atoms with Crippen molar-refractivity contribution in [3.05, 3.63) is 22.4 Å². The molecular formula is C16H25NOS. The lowest BCUT2D eigenvalue weighted by molar-refractivity contribution is 0.125. The van der Waals surface area contributed by atoms with Crippen molar-refractivity contribution in [3.63, 3.8) is 0 Å². The van der Waals surface area contributed by atoms with E-state index in [1.165, 1.54) is 44.9 Å². The van der Waals surface area contributed by atoms with E-state index in [0.29, 0.717) is 12.6 Å². The molecule has 0 spiro atoms. The second-order valence-corrected chi connectivity index (χ2v) is 7.08. The molecule has 2 N–H and O–H groups in total. The first-order valence-corrected chi connectivity index (χ1v) is 8.71. The predicted molar refractivity (Wildman–Crippen MR) is 80.4 cm³/mol. The Kier molecular flexibility index (Phi) is 4.57. The maximum Gasteiger partial charge on any atom is 0.0922 e. The quantitative estimate of drug-likeness (QED) is 0.880. The maximum absolute atomic E-state index is 10.1. The van der Waals surface area contributed by atoms with E-state index in [2.05, 4.69) is 5.32 Å². The third-order valence-electron chi connectivity index (χ3n) is 5.07. The van der Waals surface area contributed by atoms with Gasteiger partial charge >= 0.3 is 0 Å². The van der Waals surface area contributed by atoms with Crippen LogP contribution in [0.5, 0.6) is 0 Å². The summed E-state index contributed by atoms with van der Waals surface area (Å²) in [7, 11) is 0. The fraction of sp³-hybridized carbons (Fsp3) is 0.750. The summed E-state index contributed by atoms with van der Waals surface area (Å²) in [6.45, 7) is 0.707. The normalized spacial score (nSPS) is 32.8. The highest BCUT2D eigenvalue weighted by atomic mass is 32.1. The summed E-state index contributed by atoms with van der Waals surface area (Å²) in [4.78, 5) is 0. The van der Waals surface area contributed by atoms with Gasteiger partial charge in [0.2, 0.25) is 0 Å². The molecule has 3 heteroatoms. The topological polar surface area (TPSA) is 32.3 Å². The zero-order chi connectivity index (χ0) is 13.1. The van der Waals surface area contributed by atoms with E-state index in [9.17, 15) is 5.11 Å². The number of thiophene rings is 1. The van der Waals surface area contributed by atoms with Crippen molar-refractivity contribution in [2.45, 2.75) is 57.1 Å². The zero-order valence-electron chi connectivity index (χ0n) is 11.6. The zero-order valence-corrected chi connectivity index (χ0v) is 12.4. The van der Waals surface area contributed by atoms with Gasteiger partial charge in [-0.25, -0.2) is 0 Å². The first-order valence-electron chi connectivity index (χ1n) is 7.76. The summed E-state index contributed by atoms with van der Waals surface area (Å²) >= 11 is 1.66.